The zero-order valence-electron chi connectivity index (χ0n) is 11.5. The molecule has 0 aromatic heterocycles. The second kappa shape index (κ2) is 4.61. The quantitative estimate of drug-likeness (QED) is 0.849. The van der Waals surface area contributed by atoms with Gasteiger partial charge in [0.2, 0.25) is 5.91 Å². The summed E-state index contributed by atoms with van der Waals surface area (Å²) in [5, 5.41) is 6.15. The number of rotatable bonds is 4. The molecule has 1 aliphatic heterocycles. The summed E-state index contributed by atoms with van der Waals surface area (Å²) in [6.07, 6.45) is 0.492. The van der Waals surface area contributed by atoms with Crippen molar-refractivity contribution in [2.24, 2.45) is 0 Å². The Kier molecular flexibility index (Phi) is 3.30. The van der Waals surface area contributed by atoms with Gasteiger partial charge in [-0.25, -0.2) is 0 Å². The van der Waals surface area contributed by atoms with E-state index < -0.39 is 0 Å². The lowest BCUT2D eigenvalue weighted by atomic mass is 10.0. The van der Waals surface area contributed by atoms with Crippen LogP contribution < -0.4 is 15.5 Å². The van der Waals surface area contributed by atoms with Gasteiger partial charge in [0.05, 0.1) is 6.42 Å². The molecule has 0 aliphatic carbocycles. The molecule has 0 spiro atoms. The molecule has 0 radical (unpaired) electrons. The molecule has 1 heterocycles. The maximum absolute atomic E-state index is 11.3. The summed E-state index contributed by atoms with van der Waals surface area (Å²) in [6.45, 7) is 5.24. The predicted octanol–water partition coefficient (Wildman–Crippen LogP) is 1.62. The van der Waals surface area contributed by atoms with Crippen LogP contribution in [0.2, 0.25) is 0 Å². The van der Waals surface area contributed by atoms with Gasteiger partial charge < -0.3 is 15.5 Å². The topological polar surface area (TPSA) is 44.4 Å². The number of benzene rings is 1. The van der Waals surface area contributed by atoms with Gasteiger partial charge in [-0.3, -0.25) is 4.79 Å². The van der Waals surface area contributed by atoms with Crippen LogP contribution >= 0.6 is 0 Å². The highest BCUT2D eigenvalue weighted by Gasteiger charge is 2.21. The molecule has 1 aliphatic rings. The fourth-order valence-electron chi connectivity index (χ4n) is 2.22. The van der Waals surface area contributed by atoms with Crippen LogP contribution in [0.3, 0.4) is 0 Å². The number of hydrogen-bond acceptors (Lipinski definition) is 3. The molecule has 2 rings (SSSR count). The molecule has 1 amide bonds. The first-order chi connectivity index (χ1) is 8.41. The molecule has 0 unspecified atom stereocenters. The van der Waals surface area contributed by atoms with E-state index in [4.69, 9.17) is 0 Å². The van der Waals surface area contributed by atoms with Gasteiger partial charge in [0.25, 0.3) is 0 Å². The van der Waals surface area contributed by atoms with E-state index in [9.17, 15) is 4.79 Å². The summed E-state index contributed by atoms with van der Waals surface area (Å²) < 4.78 is 0. The molecular formula is C14H21N3O. The van der Waals surface area contributed by atoms with Crippen LogP contribution in [0.25, 0.3) is 0 Å². The van der Waals surface area contributed by atoms with E-state index in [0.29, 0.717) is 6.42 Å². The summed E-state index contributed by atoms with van der Waals surface area (Å²) >= 11 is 0. The number of anilines is 2. The molecule has 4 nitrogen and oxygen atoms in total. The predicted molar refractivity (Wildman–Crippen MR) is 75.2 cm³/mol. The van der Waals surface area contributed by atoms with Crippen LogP contribution in [0.4, 0.5) is 11.4 Å². The largest absolute Gasteiger partial charge is 0.373 e. The molecule has 18 heavy (non-hydrogen) atoms. The van der Waals surface area contributed by atoms with Crippen molar-refractivity contribution in [3.8, 4) is 0 Å². The monoisotopic (exact) mass is 247 g/mol. The van der Waals surface area contributed by atoms with Crippen molar-refractivity contribution < 1.29 is 4.79 Å². The van der Waals surface area contributed by atoms with E-state index in [1.165, 1.54) is 0 Å². The van der Waals surface area contributed by atoms with Crippen molar-refractivity contribution in [3.63, 3.8) is 0 Å². The second-order valence-electron chi connectivity index (χ2n) is 5.56. The first-order valence-electron chi connectivity index (χ1n) is 6.24. The molecule has 0 saturated carbocycles. The highest BCUT2D eigenvalue weighted by molar-refractivity contribution is 5.99. The molecule has 98 valence electrons. The Morgan fingerprint density at radius 3 is 2.83 bits per heavy atom. The summed E-state index contributed by atoms with van der Waals surface area (Å²) in [5.41, 5.74) is 3.24. The Labute approximate surface area is 108 Å². The Balaban J connectivity index is 2.15. The van der Waals surface area contributed by atoms with Crippen molar-refractivity contribution in [3.05, 3.63) is 23.8 Å². The minimum absolute atomic E-state index is 0.0574. The molecule has 1 aromatic rings. The number of hydrogen-bond donors (Lipinski definition) is 2. The van der Waals surface area contributed by atoms with Gasteiger partial charge in [0.15, 0.2) is 0 Å². The van der Waals surface area contributed by atoms with E-state index in [2.05, 4.69) is 48.6 Å². The van der Waals surface area contributed by atoms with E-state index in [1.54, 1.807) is 0 Å². The molecule has 0 atom stereocenters. The lowest BCUT2D eigenvalue weighted by Gasteiger charge is -2.31. The fraction of sp³-hybridized carbons (Fsp3) is 0.500. The number of carbonyl (C=O) groups is 1. The Hall–Kier alpha value is -1.55. The van der Waals surface area contributed by atoms with E-state index in [-0.39, 0.29) is 11.4 Å². The third kappa shape index (κ3) is 2.64. The van der Waals surface area contributed by atoms with Gasteiger partial charge in [0, 0.05) is 30.5 Å². The first-order valence-corrected chi connectivity index (χ1v) is 6.24. The van der Waals surface area contributed by atoms with Crippen molar-refractivity contribution in [2.45, 2.75) is 25.8 Å². The van der Waals surface area contributed by atoms with Gasteiger partial charge in [0.1, 0.15) is 0 Å². The molecule has 1 aromatic carbocycles. The number of carbonyl (C=O) groups excluding carboxylic acids is 1. The highest BCUT2D eigenvalue weighted by atomic mass is 16.1. The first kappa shape index (κ1) is 12.9. The van der Waals surface area contributed by atoms with Crippen molar-refractivity contribution in [1.82, 2.24) is 5.32 Å². The van der Waals surface area contributed by atoms with Gasteiger partial charge in [-0.1, -0.05) is 0 Å². The lowest BCUT2D eigenvalue weighted by Crippen LogP contribution is -2.46. The third-order valence-corrected chi connectivity index (χ3v) is 3.46. The number of fused-ring (bicyclic) bond motifs is 1. The van der Waals surface area contributed by atoms with Crippen molar-refractivity contribution in [1.29, 1.82) is 0 Å². The minimum Gasteiger partial charge on any atom is -0.373 e. The normalized spacial score (nSPS) is 14.3. The van der Waals surface area contributed by atoms with Crippen LogP contribution in [0.15, 0.2) is 18.2 Å². The van der Waals surface area contributed by atoms with Gasteiger partial charge in [-0.15, -0.1) is 0 Å². The number of likely N-dealkylation sites (N-methyl/N-ethyl adjacent to an activating group) is 2. The summed E-state index contributed by atoms with van der Waals surface area (Å²) in [6, 6.07) is 6.13. The molecule has 2 N–H and O–H groups in total. The number of nitrogens with zero attached hydrogens (tertiary/aromatic N) is 1. The van der Waals surface area contributed by atoms with Crippen LogP contribution in [0.5, 0.6) is 0 Å². The van der Waals surface area contributed by atoms with Crippen molar-refractivity contribution in [2.75, 3.05) is 30.9 Å². The Morgan fingerprint density at radius 2 is 2.17 bits per heavy atom. The molecular weight excluding hydrogens is 226 g/mol. The van der Waals surface area contributed by atoms with Gasteiger partial charge in [-0.05, 0) is 44.7 Å². The molecule has 4 heteroatoms. The smallest absolute Gasteiger partial charge is 0.228 e. The maximum atomic E-state index is 11.3. The third-order valence-electron chi connectivity index (χ3n) is 3.46. The van der Waals surface area contributed by atoms with Gasteiger partial charge >= 0.3 is 0 Å². The zero-order chi connectivity index (χ0) is 13.3. The highest BCUT2D eigenvalue weighted by Crippen LogP contribution is 2.27. The summed E-state index contributed by atoms with van der Waals surface area (Å²) in [7, 11) is 4.05. The Morgan fingerprint density at radius 1 is 1.44 bits per heavy atom. The number of amides is 1. The SMILES string of the molecule is CNC(C)(C)CN(C)c1ccc2c(c1)CC(=O)N2. The van der Waals surface area contributed by atoms with E-state index >= 15 is 0 Å². The van der Waals surface area contributed by atoms with E-state index in [1.807, 2.05) is 13.1 Å². The molecule has 0 fully saturated rings. The molecule has 0 bridgehead atoms. The summed E-state index contributed by atoms with van der Waals surface area (Å²) in [4.78, 5) is 13.5. The second-order valence-corrected chi connectivity index (χ2v) is 5.56. The van der Waals surface area contributed by atoms with E-state index in [0.717, 1.165) is 23.5 Å². The average Bonchev–Trinajstić information content (AvgIpc) is 2.67. The standard InChI is InChI=1S/C14H21N3O/c1-14(2,15-3)9-17(4)11-5-6-12-10(7-11)8-13(18)16-12/h5-7,15H,8-9H2,1-4H3,(H,16,18). The lowest BCUT2D eigenvalue weighted by molar-refractivity contribution is -0.115. The van der Waals surface area contributed by atoms with Crippen LogP contribution in [0.1, 0.15) is 19.4 Å². The molecule has 0 saturated heterocycles. The fourth-order valence-corrected chi connectivity index (χ4v) is 2.22. The van der Waals surface area contributed by atoms with Crippen LogP contribution in [-0.4, -0.2) is 32.1 Å². The van der Waals surface area contributed by atoms with Crippen molar-refractivity contribution >= 4 is 17.3 Å². The van der Waals surface area contributed by atoms with Gasteiger partial charge in [-0.2, -0.15) is 0 Å². The van der Waals surface area contributed by atoms with Crippen LogP contribution in [-0.2, 0) is 11.2 Å². The van der Waals surface area contributed by atoms with Crippen LogP contribution in [0, 0.1) is 0 Å². The minimum atomic E-state index is 0.0574. The maximum Gasteiger partial charge on any atom is 0.228 e. The zero-order valence-corrected chi connectivity index (χ0v) is 11.5. The summed E-state index contributed by atoms with van der Waals surface area (Å²) in [5.74, 6) is 0.0837. The Bertz CT molecular complexity index is 468. The average molecular weight is 247 g/mol. The number of nitrogens with one attached hydrogen (secondary N) is 2.